The van der Waals surface area contributed by atoms with Crippen LogP contribution in [0.1, 0.15) is 36.6 Å². The van der Waals surface area contributed by atoms with Crippen molar-refractivity contribution in [1.29, 1.82) is 0 Å². The maximum absolute atomic E-state index is 4.70. The van der Waals surface area contributed by atoms with Gasteiger partial charge in [-0.3, -0.25) is 4.68 Å². The molecule has 2 heterocycles. The zero-order valence-corrected chi connectivity index (χ0v) is 9.68. The summed E-state index contributed by atoms with van der Waals surface area (Å²) < 4.78 is 3.41. The van der Waals surface area contributed by atoms with Crippen molar-refractivity contribution < 1.29 is 0 Å². The second kappa shape index (κ2) is 3.35. The van der Waals surface area contributed by atoms with Gasteiger partial charge in [-0.15, -0.1) is 0 Å². The Morgan fingerprint density at radius 2 is 2.29 bits per heavy atom. The molecule has 0 unspecified atom stereocenters. The monoisotopic (exact) mass is 255 g/mol. The predicted molar refractivity (Wildman–Crippen MR) is 58.2 cm³/mol. The van der Waals surface area contributed by atoms with Crippen LogP contribution in [-0.2, 0) is 13.0 Å². The lowest BCUT2D eigenvalue weighted by molar-refractivity contribution is 0.284. The minimum atomic E-state index is 0.662. The van der Waals surface area contributed by atoms with Crippen LogP contribution in [0.3, 0.4) is 0 Å². The van der Waals surface area contributed by atoms with Gasteiger partial charge in [-0.2, -0.15) is 5.10 Å². The summed E-state index contributed by atoms with van der Waals surface area (Å²) >= 11 is 3.67. The highest BCUT2D eigenvalue weighted by Gasteiger charge is 2.26. The van der Waals surface area contributed by atoms with Gasteiger partial charge in [0.25, 0.3) is 0 Å². The first-order chi connectivity index (χ1) is 6.86. The van der Waals surface area contributed by atoms with E-state index in [1.54, 1.807) is 0 Å². The lowest BCUT2D eigenvalue weighted by Gasteiger charge is -2.26. The van der Waals surface area contributed by atoms with Crippen molar-refractivity contribution >= 4 is 15.9 Å². The molecule has 2 aliphatic rings. The normalized spacial score (nSPS) is 21.8. The van der Waals surface area contributed by atoms with E-state index >= 15 is 0 Å². The first kappa shape index (κ1) is 8.92. The Hall–Kier alpha value is -0.350. The van der Waals surface area contributed by atoms with Gasteiger partial charge in [-0.25, -0.2) is 0 Å². The molecule has 0 saturated heterocycles. The van der Waals surface area contributed by atoms with E-state index in [0.29, 0.717) is 6.04 Å². The van der Waals surface area contributed by atoms with Crippen molar-refractivity contribution in [2.24, 2.45) is 0 Å². The Morgan fingerprint density at radius 1 is 1.43 bits per heavy atom. The van der Waals surface area contributed by atoms with Crippen LogP contribution in [0.4, 0.5) is 0 Å². The molecule has 4 heteroatoms. The molecule has 1 aliphatic carbocycles. The maximum atomic E-state index is 4.70. The highest BCUT2D eigenvalue weighted by atomic mass is 79.9. The van der Waals surface area contributed by atoms with Gasteiger partial charge in [-0.1, -0.05) is 0 Å². The Bertz CT molecular complexity index is 354. The smallest absolute Gasteiger partial charge is 0.109 e. The summed E-state index contributed by atoms with van der Waals surface area (Å²) in [6.07, 6.45) is 5.03. The molecule has 0 aromatic carbocycles. The highest BCUT2D eigenvalue weighted by Crippen LogP contribution is 2.36. The average molecular weight is 256 g/mol. The second-order valence-corrected chi connectivity index (χ2v) is 4.92. The van der Waals surface area contributed by atoms with Gasteiger partial charge in [0.05, 0.1) is 11.7 Å². The fraction of sp³-hybridized carbons (Fsp3) is 0.700. The Morgan fingerprint density at radius 3 is 2.93 bits per heavy atom. The van der Waals surface area contributed by atoms with Crippen LogP contribution in [0.5, 0.6) is 0 Å². The van der Waals surface area contributed by atoms with Crippen molar-refractivity contribution in [1.82, 2.24) is 15.1 Å². The number of hydrogen-bond donors (Lipinski definition) is 1. The molecule has 0 atom stereocenters. The summed E-state index contributed by atoms with van der Waals surface area (Å²) in [5, 5.41) is 8.09. The third-order valence-corrected chi connectivity index (χ3v) is 4.13. The van der Waals surface area contributed by atoms with E-state index in [2.05, 4.69) is 25.9 Å². The van der Waals surface area contributed by atoms with E-state index < -0.39 is 0 Å². The third-order valence-electron chi connectivity index (χ3n) is 3.29. The fourth-order valence-corrected chi connectivity index (χ4v) is 2.90. The molecule has 0 amide bonds. The highest BCUT2D eigenvalue weighted by molar-refractivity contribution is 9.10. The van der Waals surface area contributed by atoms with E-state index in [-0.39, 0.29) is 0 Å². The molecular formula is C10H14BrN3. The SMILES string of the molecule is Brc1c2c(nn1C1CCC1)CCNC2. The van der Waals surface area contributed by atoms with Gasteiger partial charge in [0.15, 0.2) is 0 Å². The van der Waals surface area contributed by atoms with Crippen LogP contribution < -0.4 is 5.32 Å². The van der Waals surface area contributed by atoms with E-state index in [9.17, 15) is 0 Å². The molecule has 3 nitrogen and oxygen atoms in total. The molecule has 0 spiro atoms. The van der Waals surface area contributed by atoms with Gasteiger partial charge in [0, 0.05) is 25.1 Å². The number of fused-ring (bicyclic) bond motifs is 1. The molecule has 76 valence electrons. The number of nitrogens with one attached hydrogen (secondary N) is 1. The summed E-state index contributed by atoms with van der Waals surface area (Å²) in [6, 6.07) is 0.662. The number of aromatic nitrogens is 2. The van der Waals surface area contributed by atoms with Crippen LogP contribution in [0.2, 0.25) is 0 Å². The van der Waals surface area contributed by atoms with Crippen molar-refractivity contribution in [3.8, 4) is 0 Å². The quantitative estimate of drug-likeness (QED) is 0.833. The summed E-state index contributed by atoms with van der Waals surface area (Å²) in [7, 11) is 0. The van der Waals surface area contributed by atoms with E-state index in [4.69, 9.17) is 5.10 Å². The molecule has 1 N–H and O–H groups in total. The first-order valence-electron chi connectivity index (χ1n) is 5.33. The fourth-order valence-electron chi connectivity index (χ4n) is 2.16. The van der Waals surface area contributed by atoms with Crippen molar-refractivity contribution in [3.63, 3.8) is 0 Å². The van der Waals surface area contributed by atoms with E-state index in [0.717, 1.165) is 19.5 Å². The van der Waals surface area contributed by atoms with Gasteiger partial charge in [-0.05, 0) is 35.2 Å². The molecule has 1 aliphatic heterocycles. The minimum Gasteiger partial charge on any atom is -0.312 e. The number of nitrogens with zero attached hydrogens (tertiary/aromatic N) is 2. The predicted octanol–water partition coefficient (Wildman–Crippen LogP) is 2.02. The van der Waals surface area contributed by atoms with Gasteiger partial charge >= 0.3 is 0 Å². The molecule has 0 bridgehead atoms. The maximum Gasteiger partial charge on any atom is 0.109 e. The van der Waals surface area contributed by atoms with E-state index in [1.807, 2.05) is 0 Å². The zero-order chi connectivity index (χ0) is 9.54. The molecule has 1 saturated carbocycles. The van der Waals surface area contributed by atoms with Crippen LogP contribution in [0, 0.1) is 0 Å². The number of halogens is 1. The second-order valence-electron chi connectivity index (χ2n) is 4.17. The van der Waals surface area contributed by atoms with Gasteiger partial charge < -0.3 is 5.32 Å². The Balaban J connectivity index is 2.00. The molecule has 0 radical (unpaired) electrons. The minimum absolute atomic E-state index is 0.662. The third kappa shape index (κ3) is 1.24. The van der Waals surface area contributed by atoms with Crippen LogP contribution in [-0.4, -0.2) is 16.3 Å². The van der Waals surface area contributed by atoms with Crippen LogP contribution >= 0.6 is 15.9 Å². The van der Waals surface area contributed by atoms with Crippen LogP contribution in [0.25, 0.3) is 0 Å². The number of hydrogen-bond acceptors (Lipinski definition) is 2. The van der Waals surface area contributed by atoms with Crippen molar-refractivity contribution in [2.75, 3.05) is 6.54 Å². The van der Waals surface area contributed by atoms with Crippen LogP contribution in [0.15, 0.2) is 4.60 Å². The van der Waals surface area contributed by atoms with Crippen molar-refractivity contribution in [3.05, 3.63) is 15.9 Å². The average Bonchev–Trinajstić information content (AvgIpc) is 2.43. The molecule has 1 fully saturated rings. The molecule has 1 aromatic heterocycles. The summed E-state index contributed by atoms with van der Waals surface area (Å²) in [6.45, 7) is 2.05. The van der Waals surface area contributed by atoms with Gasteiger partial charge in [0.2, 0.25) is 0 Å². The van der Waals surface area contributed by atoms with Crippen molar-refractivity contribution in [2.45, 2.75) is 38.3 Å². The molecule has 1 aromatic rings. The van der Waals surface area contributed by atoms with E-state index in [1.165, 1.54) is 35.1 Å². The first-order valence-corrected chi connectivity index (χ1v) is 6.12. The lowest BCUT2D eigenvalue weighted by Crippen LogP contribution is -2.23. The standard InChI is InChI=1S/C10H14BrN3/c11-10-8-6-12-5-4-9(8)13-14(10)7-2-1-3-7/h7,12H,1-6H2. The molecule has 3 rings (SSSR count). The molecule has 14 heavy (non-hydrogen) atoms. The topological polar surface area (TPSA) is 29.9 Å². The number of rotatable bonds is 1. The largest absolute Gasteiger partial charge is 0.312 e. The summed E-state index contributed by atoms with van der Waals surface area (Å²) in [5.74, 6) is 0. The summed E-state index contributed by atoms with van der Waals surface area (Å²) in [5.41, 5.74) is 2.67. The summed E-state index contributed by atoms with van der Waals surface area (Å²) in [4.78, 5) is 0. The molecular weight excluding hydrogens is 242 g/mol. The lowest BCUT2D eigenvalue weighted by atomic mass is 9.93. The Kier molecular flexibility index (Phi) is 2.13. The van der Waals surface area contributed by atoms with Gasteiger partial charge in [0.1, 0.15) is 4.60 Å². The zero-order valence-electron chi connectivity index (χ0n) is 8.09. The Labute approximate surface area is 92.0 Å².